The molecule has 0 spiro atoms. The van der Waals surface area contributed by atoms with Gasteiger partial charge in [-0.2, -0.15) is 0 Å². The summed E-state index contributed by atoms with van der Waals surface area (Å²) in [5, 5.41) is 11.4. The molecule has 0 atom stereocenters. The number of hydrogen-bond donors (Lipinski definition) is 2. The summed E-state index contributed by atoms with van der Waals surface area (Å²) in [6.45, 7) is 1.71. The van der Waals surface area contributed by atoms with Gasteiger partial charge < -0.3 is 24.3 Å². The first-order chi connectivity index (χ1) is 11.5. The van der Waals surface area contributed by atoms with Crippen LogP contribution in [-0.4, -0.2) is 44.6 Å². The summed E-state index contributed by atoms with van der Waals surface area (Å²) in [4.78, 5) is 28.4. The molecule has 2 N–H and O–H groups in total. The van der Waals surface area contributed by atoms with E-state index >= 15 is 0 Å². The van der Waals surface area contributed by atoms with Gasteiger partial charge >= 0.3 is 12.0 Å². The lowest BCUT2D eigenvalue weighted by atomic mass is 10.3. The molecule has 0 fully saturated rings. The van der Waals surface area contributed by atoms with Crippen LogP contribution in [0.1, 0.15) is 18.6 Å². The molecule has 2 heterocycles. The molecule has 0 saturated carbocycles. The number of hydrogen-bond acceptors (Lipinski definition) is 4. The second kappa shape index (κ2) is 9.11. The fourth-order valence-corrected chi connectivity index (χ4v) is 2.42. The zero-order chi connectivity index (χ0) is 17.4. The molecule has 0 radical (unpaired) electrons. The maximum absolute atomic E-state index is 12.3. The molecule has 0 unspecified atom stereocenters. The SMILES string of the molecule is O=C(O)CCCNC(=O)N(CCn1ccnc1)Cc1ccc(Br)o1. The number of carboxylic acids is 1. The third-order valence-electron chi connectivity index (χ3n) is 3.29. The molecule has 9 heteroatoms. The molecule has 0 bridgehead atoms. The van der Waals surface area contributed by atoms with Crippen LogP contribution in [0, 0.1) is 0 Å². The number of carboxylic acid groups (broad SMARTS) is 1. The van der Waals surface area contributed by atoms with Crippen molar-refractivity contribution >= 4 is 27.9 Å². The maximum atomic E-state index is 12.3. The van der Waals surface area contributed by atoms with Gasteiger partial charge in [-0.1, -0.05) is 0 Å². The molecule has 130 valence electrons. The van der Waals surface area contributed by atoms with Crippen molar-refractivity contribution in [2.45, 2.75) is 25.9 Å². The van der Waals surface area contributed by atoms with Crippen LogP contribution in [-0.2, 0) is 17.9 Å². The minimum absolute atomic E-state index is 0.0282. The zero-order valence-corrected chi connectivity index (χ0v) is 14.6. The van der Waals surface area contributed by atoms with Gasteiger partial charge in [-0.15, -0.1) is 0 Å². The van der Waals surface area contributed by atoms with E-state index in [2.05, 4.69) is 26.2 Å². The number of aliphatic carboxylic acids is 1. The number of nitrogens with zero attached hydrogens (tertiary/aromatic N) is 3. The van der Waals surface area contributed by atoms with Crippen molar-refractivity contribution in [3.63, 3.8) is 0 Å². The Morgan fingerprint density at radius 3 is 2.88 bits per heavy atom. The summed E-state index contributed by atoms with van der Waals surface area (Å²) >= 11 is 3.24. The van der Waals surface area contributed by atoms with Gasteiger partial charge in [0.05, 0.1) is 12.9 Å². The van der Waals surface area contributed by atoms with Crippen molar-refractivity contribution in [3.05, 3.63) is 41.3 Å². The van der Waals surface area contributed by atoms with Gasteiger partial charge in [0.1, 0.15) is 5.76 Å². The highest BCUT2D eigenvalue weighted by molar-refractivity contribution is 9.10. The van der Waals surface area contributed by atoms with Crippen molar-refractivity contribution < 1.29 is 19.1 Å². The van der Waals surface area contributed by atoms with Crippen molar-refractivity contribution in [2.24, 2.45) is 0 Å². The van der Waals surface area contributed by atoms with Crippen molar-refractivity contribution in [3.8, 4) is 0 Å². The average Bonchev–Trinajstić information content (AvgIpc) is 3.19. The predicted octanol–water partition coefficient (Wildman–Crippen LogP) is 2.32. The summed E-state index contributed by atoms with van der Waals surface area (Å²) in [6, 6.07) is 3.31. The van der Waals surface area contributed by atoms with Crippen LogP contribution in [0.4, 0.5) is 4.79 Å². The van der Waals surface area contributed by atoms with Crippen molar-refractivity contribution in [2.75, 3.05) is 13.1 Å². The number of amides is 2. The highest BCUT2D eigenvalue weighted by Gasteiger charge is 2.15. The second-order valence-electron chi connectivity index (χ2n) is 5.16. The van der Waals surface area contributed by atoms with Crippen molar-refractivity contribution in [1.82, 2.24) is 19.8 Å². The predicted molar refractivity (Wildman–Crippen MR) is 89.3 cm³/mol. The van der Waals surface area contributed by atoms with Gasteiger partial charge in [0, 0.05) is 38.4 Å². The Bertz CT molecular complexity index is 656. The summed E-state index contributed by atoms with van der Waals surface area (Å²) < 4.78 is 7.94. The highest BCUT2D eigenvalue weighted by atomic mass is 79.9. The number of furan rings is 1. The molecule has 2 aromatic heterocycles. The van der Waals surface area contributed by atoms with Crippen LogP contribution in [0.5, 0.6) is 0 Å². The first kappa shape index (κ1) is 18.1. The Labute approximate surface area is 147 Å². The van der Waals surface area contributed by atoms with Gasteiger partial charge in [0.2, 0.25) is 0 Å². The van der Waals surface area contributed by atoms with E-state index in [4.69, 9.17) is 9.52 Å². The molecule has 0 aliphatic carbocycles. The molecule has 0 aromatic carbocycles. The number of urea groups is 1. The second-order valence-corrected chi connectivity index (χ2v) is 5.94. The van der Waals surface area contributed by atoms with E-state index in [1.165, 1.54) is 0 Å². The fraction of sp³-hybridized carbons (Fsp3) is 0.400. The quantitative estimate of drug-likeness (QED) is 0.631. The molecule has 2 amide bonds. The van der Waals surface area contributed by atoms with E-state index in [1.54, 1.807) is 29.6 Å². The van der Waals surface area contributed by atoms with Gasteiger partial charge in [0.25, 0.3) is 0 Å². The topological polar surface area (TPSA) is 101 Å². The van der Waals surface area contributed by atoms with E-state index in [0.29, 0.717) is 43.0 Å². The Hall–Kier alpha value is -2.29. The van der Waals surface area contributed by atoms with E-state index in [1.807, 2.05) is 10.8 Å². The molecule has 0 saturated heterocycles. The smallest absolute Gasteiger partial charge is 0.317 e. The van der Waals surface area contributed by atoms with Crippen LogP contribution in [0.15, 0.2) is 39.9 Å². The largest absolute Gasteiger partial charge is 0.481 e. The molecule has 8 nitrogen and oxygen atoms in total. The van der Waals surface area contributed by atoms with Crippen LogP contribution < -0.4 is 5.32 Å². The van der Waals surface area contributed by atoms with Crippen molar-refractivity contribution in [1.29, 1.82) is 0 Å². The normalized spacial score (nSPS) is 10.5. The summed E-state index contributed by atoms with van der Waals surface area (Å²) in [6.07, 6.45) is 5.61. The molecular weight excluding hydrogens is 380 g/mol. The van der Waals surface area contributed by atoms with Gasteiger partial charge in [-0.25, -0.2) is 9.78 Å². The summed E-state index contributed by atoms with van der Waals surface area (Å²) in [5.74, 6) is -0.213. The van der Waals surface area contributed by atoms with E-state index < -0.39 is 5.97 Å². The van der Waals surface area contributed by atoms with Crippen LogP contribution in [0.2, 0.25) is 0 Å². The van der Waals surface area contributed by atoms with Crippen LogP contribution in [0.3, 0.4) is 0 Å². The van der Waals surface area contributed by atoms with E-state index in [0.717, 1.165) is 0 Å². The Morgan fingerprint density at radius 1 is 1.42 bits per heavy atom. The van der Waals surface area contributed by atoms with Gasteiger partial charge in [-0.3, -0.25) is 4.79 Å². The minimum atomic E-state index is -0.873. The van der Waals surface area contributed by atoms with E-state index in [-0.39, 0.29) is 12.5 Å². The monoisotopic (exact) mass is 398 g/mol. The summed E-state index contributed by atoms with van der Waals surface area (Å²) in [7, 11) is 0. The standard InChI is InChI=1S/C15H19BrN4O4/c16-13-4-3-12(24-13)10-20(9-8-19-7-6-17-11-19)15(23)18-5-1-2-14(21)22/h3-4,6-7,11H,1-2,5,8-10H2,(H,18,23)(H,21,22). The molecule has 0 aliphatic rings. The first-order valence-electron chi connectivity index (χ1n) is 7.49. The number of halogens is 1. The lowest BCUT2D eigenvalue weighted by molar-refractivity contribution is -0.137. The first-order valence-corrected chi connectivity index (χ1v) is 8.28. The molecule has 24 heavy (non-hydrogen) atoms. The molecule has 2 aromatic rings. The fourth-order valence-electron chi connectivity index (χ4n) is 2.08. The Kier molecular flexibility index (Phi) is 6.86. The van der Waals surface area contributed by atoms with Crippen LogP contribution in [0.25, 0.3) is 0 Å². The number of aromatic nitrogens is 2. The Balaban J connectivity index is 1.90. The third-order valence-corrected chi connectivity index (χ3v) is 3.72. The highest BCUT2D eigenvalue weighted by Crippen LogP contribution is 2.16. The number of carbonyl (C=O) groups excluding carboxylic acids is 1. The lowest BCUT2D eigenvalue weighted by Crippen LogP contribution is -2.41. The molecule has 0 aliphatic heterocycles. The van der Waals surface area contributed by atoms with Gasteiger partial charge in [-0.05, 0) is 34.5 Å². The summed E-state index contributed by atoms with van der Waals surface area (Å²) in [5.41, 5.74) is 0. The Morgan fingerprint density at radius 2 is 2.25 bits per heavy atom. The average molecular weight is 399 g/mol. The zero-order valence-electron chi connectivity index (χ0n) is 13.0. The van der Waals surface area contributed by atoms with Crippen LogP contribution >= 0.6 is 15.9 Å². The van der Waals surface area contributed by atoms with Gasteiger partial charge in [0.15, 0.2) is 4.67 Å². The third kappa shape index (κ3) is 6.07. The maximum Gasteiger partial charge on any atom is 0.317 e. The number of nitrogens with one attached hydrogen (secondary N) is 1. The molecule has 2 rings (SSSR count). The molecular formula is C15H19BrN4O4. The minimum Gasteiger partial charge on any atom is -0.481 e. The van der Waals surface area contributed by atoms with E-state index in [9.17, 15) is 9.59 Å². The number of rotatable bonds is 9. The number of carbonyl (C=O) groups is 2. The lowest BCUT2D eigenvalue weighted by Gasteiger charge is -2.22. The number of imidazole rings is 1.